The third-order valence-electron chi connectivity index (χ3n) is 5.54. The van der Waals surface area contributed by atoms with Gasteiger partial charge in [-0.3, -0.25) is 9.79 Å². The smallest absolute Gasteiger partial charge is 0.220 e. The number of benzene rings is 2. The number of piperidine rings is 1. The Morgan fingerprint density at radius 3 is 2.45 bits per heavy atom. The van der Waals surface area contributed by atoms with E-state index in [0.29, 0.717) is 18.9 Å². The summed E-state index contributed by atoms with van der Waals surface area (Å²) in [6, 6.07) is 16.1. The van der Waals surface area contributed by atoms with Crippen LogP contribution in [0.2, 0.25) is 0 Å². The number of aryl methyl sites for hydroxylation is 1. The summed E-state index contributed by atoms with van der Waals surface area (Å²) in [5.74, 6) is 3.13. The van der Waals surface area contributed by atoms with Gasteiger partial charge in [-0.25, -0.2) is 0 Å². The molecule has 0 aliphatic carbocycles. The van der Waals surface area contributed by atoms with Crippen molar-refractivity contribution in [2.45, 2.75) is 32.7 Å². The number of hydrogen-bond acceptors (Lipinski definition) is 3. The number of aliphatic imine (C=N–C) groups is 1. The SMILES string of the molecule is CN=C(NCc1ccccc1Oc1ccc(C)cc1)N1CCC(CC(=O)NC)CC1.I. The predicted molar refractivity (Wildman–Crippen MR) is 136 cm³/mol. The molecule has 1 saturated heterocycles. The van der Waals surface area contributed by atoms with Crippen LogP contribution in [0.3, 0.4) is 0 Å². The molecule has 0 aromatic heterocycles. The summed E-state index contributed by atoms with van der Waals surface area (Å²) < 4.78 is 6.11. The molecule has 2 N–H and O–H groups in total. The van der Waals surface area contributed by atoms with E-state index in [1.54, 1.807) is 7.05 Å². The molecule has 7 heteroatoms. The van der Waals surface area contributed by atoms with E-state index in [-0.39, 0.29) is 29.9 Å². The molecule has 0 saturated carbocycles. The van der Waals surface area contributed by atoms with Crippen molar-refractivity contribution < 1.29 is 9.53 Å². The molecule has 2 aromatic rings. The van der Waals surface area contributed by atoms with Gasteiger partial charge in [-0.05, 0) is 43.9 Å². The minimum atomic E-state index is 0. The van der Waals surface area contributed by atoms with Crippen LogP contribution in [-0.2, 0) is 11.3 Å². The number of rotatable bonds is 6. The first-order valence-electron chi connectivity index (χ1n) is 10.6. The van der Waals surface area contributed by atoms with Crippen LogP contribution in [-0.4, -0.2) is 44.0 Å². The van der Waals surface area contributed by atoms with Crippen molar-refractivity contribution >= 4 is 35.8 Å². The zero-order valence-corrected chi connectivity index (χ0v) is 20.9. The van der Waals surface area contributed by atoms with E-state index in [1.165, 1.54) is 5.56 Å². The summed E-state index contributed by atoms with van der Waals surface area (Å²) in [6.07, 6.45) is 2.61. The monoisotopic (exact) mass is 536 g/mol. The van der Waals surface area contributed by atoms with Crippen LogP contribution >= 0.6 is 24.0 Å². The van der Waals surface area contributed by atoms with Crippen molar-refractivity contribution in [3.05, 3.63) is 59.7 Å². The Bertz CT molecular complexity index is 862. The quantitative estimate of drug-likeness (QED) is 0.328. The molecule has 1 aliphatic rings. The van der Waals surface area contributed by atoms with Gasteiger partial charge >= 0.3 is 0 Å². The Kier molecular flexibility index (Phi) is 10.1. The number of carbonyl (C=O) groups excluding carboxylic acids is 1. The van der Waals surface area contributed by atoms with Gasteiger partial charge < -0.3 is 20.3 Å². The average molecular weight is 536 g/mol. The van der Waals surface area contributed by atoms with E-state index in [9.17, 15) is 4.79 Å². The number of para-hydroxylation sites is 1. The molecule has 1 aliphatic heterocycles. The third kappa shape index (κ3) is 7.41. The van der Waals surface area contributed by atoms with Gasteiger partial charge in [0.2, 0.25) is 5.91 Å². The van der Waals surface area contributed by atoms with E-state index in [4.69, 9.17) is 4.74 Å². The highest BCUT2D eigenvalue weighted by atomic mass is 127. The summed E-state index contributed by atoms with van der Waals surface area (Å²) in [5.41, 5.74) is 2.29. The summed E-state index contributed by atoms with van der Waals surface area (Å²) in [7, 11) is 3.51. The second-order valence-electron chi connectivity index (χ2n) is 7.73. The number of nitrogens with one attached hydrogen (secondary N) is 2. The lowest BCUT2D eigenvalue weighted by atomic mass is 9.93. The molecule has 0 bridgehead atoms. The molecule has 1 heterocycles. The number of nitrogens with zero attached hydrogens (tertiary/aromatic N) is 2. The first-order valence-corrected chi connectivity index (χ1v) is 10.6. The molecule has 3 rings (SSSR count). The van der Waals surface area contributed by atoms with Crippen molar-refractivity contribution in [3.8, 4) is 11.5 Å². The molecule has 1 amide bonds. The Hall–Kier alpha value is -2.29. The largest absolute Gasteiger partial charge is 0.457 e. The van der Waals surface area contributed by atoms with Gasteiger partial charge in [-0.2, -0.15) is 0 Å². The van der Waals surface area contributed by atoms with Crippen LogP contribution in [0.4, 0.5) is 0 Å². The standard InChI is InChI=1S/C24H32N4O2.HI/c1-18-8-10-21(11-9-18)30-22-7-5-4-6-20(22)17-27-24(26-3)28-14-12-19(13-15-28)16-23(29)25-2;/h4-11,19H,12-17H2,1-3H3,(H,25,29)(H,26,27);1H. The molecule has 2 aromatic carbocycles. The number of ether oxygens (including phenoxy) is 1. The van der Waals surface area contributed by atoms with Gasteiger partial charge in [0, 0.05) is 45.7 Å². The first-order chi connectivity index (χ1) is 14.6. The van der Waals surface area contributed by atoms with Crippen LogP contribution < -0.4 is 15.4 Å². The minimum absolute atomic E-state index is 0. The summed E-state index contributed by atoms with van der Waals surface area (Å²) in [6.45, 7) is 4.51. The lowest BCUT2D eigenvalue weighted by Gasteiger charge is -2.34. The fourth-order valence-electron chi connectivity index (χ4n) is 3.70. The lowest BCUT2D eigenvalue weighted by molar-refractivity contribution is -0.121. The number of guanidine groups is 1. The van der Waals surface area contributed by atoms with E-state index >= 15 is 0 Å². The van der Waals surface area contributed by atoms with Crippen molar-refractivity contribution in [2.24, 2.45) is 10.9 Å². The predicted octanol–water partition coefficient (Wildman–Crippen LogP) is 4.33. The normalized spacial score (nSPS) is 14.5. The lowest BCUT2D eigenvalue weighted by Crippen LogP contribution is -2.45. The van der Waals surface area contributed by atoms with Gasteiger partial charge in [0.1, 0.15) is 11.5 Å². The van der Waals surface area contributed by atoms with Gasteiger partial charge in [0.25, 0.3) is 0 Å². The molecule has 1 fully saturated rings. The Balaban J connectivity index is 0.00000341. The molecular weight excluding hydrogens is 503 g/mol. The van der Waals surface area contributed by atoms with Gasteiger partial charge in [-0.1, -0.05) is 35.9 Å². The number of hydrogen-bond donors (Lipinski definition) is 2. The van der Waals surface area contributed by atoms with Crippen LogP contribution in [0, 0.1) is 12.8 Å². The van der Waals surface area contributed by atoms with Crippen molar-refractivity contribution in [2.75, 3.05) is 27.2 Å². The third-order valence-corrected chi connectivity index (χ3v) is 5.54. The first kappa shape index (κ1) is 25.0. The second-order valence-corrected chi connectivity index (χ2v) is 7.73. The van der Waals surface area contributed by atoms with Gasteiger partial charge in [0.15, 0.2) is 5.96 Å². The van der Waals surface area contributed by atoms with Crippen LogP contribution in [0.15, 0.2) is 53.5 Å². The highest BCUT2D eigenvalue weighted by Gasteiger charge is 2.23. The summed E-state index contributed by atoms with van der Waals surface area (Å²) in [5, 5.41) is 6.19. The molecule has 0 spiro atoms. The zero-order valence-electron chi connectivity index (χ0n) is 18.6. The van der Waals surface area contributed by atoms with E-state index in [2.05, 4.69) is 33.5 Å². The minimum Gasteiger partial charge on any atom is -0.457 e. The highest BCUT2D eigenvalue weighted by molar-refractivity contribution is 14.0. The maximum absolute atomic E-state index is 11.6. The summed E-state index contributed by atoms with van der Waals surface area (Å²) >= 11 is 0. The van der Waals surface area contributed by atoms with E-state index in [1.807, 2.05) is 49.5 Å². The molecule has 168 valence electrons. The van der Waals surface area contributed by atoms with Gasteiger partial charge in [-0.15, -0.1) is 24.0 Å². The second kappa shape index (κ2) is 12.5. The Morgan fingerprint density at radius 2 is 1.81 bits per heavy atom. The Morgan fingerprint density at radius 1 is 1.13 bits per heavy atom. The molecule has 31 heavy (non-hydrogen) atoms. The van der Waals surface area contributed by atoms with Crippen LogP contribution in [0.1, 0.15) is 30.4 Å². The number of amides is 1. The number of halogens is 1. The maximum Gasteiger partial charge on any atom is 0.220 e. The van der Waals surface area contributed by atoms with Crippen molar-refractivity contribution in [1.29, 1.82) is 0 Å². The molecule has 0 radical (unpaired) electrons. The number of likely N-dealkylation sites (tertiary alicyclic amines) is 1. The zero-order chi connectivity index (χ0) is 21.3. The van der Waals surface area contributed by atoms with Crippen LogP contribution in [0.5, 0.6) is 11.5 Å². The molecular formula is C24H33IN4O2. The highest BCUT2D eigenvalue weighted by Crippen LogP contribution is 2.26. The van der Waals surface area contributed by atoms with Crippen LogP contribution in [0.25, 0.3) is 0 Å². The maximum atomic E-state index is 11.6. The molecule has 6 nitrogen and oxygen atoms in total. The topological polar surface area (TPSA) is 66.0 Å². The molecule has 0 atom stereocenters. The fraction of sp³-hybridized carbons (Fsp3) is 0.417. The van der Waals surface area contributed by atoms with E-state index in [0.717, 1.165) is 49.0 Å². The van der Waals surface area contributed by atoms with Crippen molar-refractivity contribution in [1.82, 2.24) is 15.5 Å². The fourth-order valence-corrected chi connectivity index (χ4v) is 3.70. The van der Waals surface area contributed by atoms with E-state index < -0.39 is 0 Å². The van der Waals surface area contributed by atoms with Gasteiger partial charge in [0.05, 0.1) is 0 Å². The Labute approximate surface area is 202 Å². The molecule has 0 unspecified atom stereocenters. The number of carbonyl (C=O) groups is 1. The average Bonchev–Trinajstić information content (AvgIpc) is 2.77. The van der Waals surface area contributed by atoms with Crippen molar-refractivity contribution in [3.63, 3.8) is 0 Å². The summed E-state index contributed by atoms with van der Waals surface area (Å²) in [4.78, 5) is 18.3.